The van der Waals surface area contributed by atoms with Gasteiger partial charge in [-0.25, -0.2) is 4.39 Å². The first-order valence-electron chi connectivity index (χ1n) is 5.26. The lowest BCUT2D eigenvalue weighted by Gasteiger charge is -2.22. The summed E-state index contributed by atoms with van der Waals surface area (Å²) >= 11 is -1.53. The fourth-order valence-electron chi connectivity index (χ4n) is 1.87. The molecular weight excluding hydrogens is 245 g/mol. The van der Waals surface area contributed by atoms with E-state index in [0.717, 1.165) is 0 Å². The Kier molecular flexibility index (Phi) is 3.66. The number of rotatable bonds is 3. The zero-order chi connectivity index (χ0) is 12.4. The number of carboxylic acid groups (broad SMARTS) is 1. The monoisotopic (exact) mass is 257 g/mol. The second-order valence-corrected chi connectivity index (χ2v) is 5.28. The number of hydrogen-bond acceptors (Lipinski definition) is 3. The molecule has 2 unspecified atom stereocenters. The average molecular weight is 257 g/mol. The van der Waals surface area contributed by atoms with Crippen molar-refractivity contribution in [1.82, 2.24) is 4.31 Å². The van der Waals surface area contributed by atoms with Gasteiger partial charge in [0.1, 0.15) is 5.82 Å². The summed E-state index contributed by atoms with van der Waals surface area (Å²) in [6, 6.07) is 4.57. The highest BCUT2D eigenvalue weighted by Gasteiger charge is 2.39. The van der Waals surface area contributed by atoms with Crippen LogP contribution < -0.4 is 0 Å². The van der Waals surface area contributed by atoms with Crippen molar-refractivity contribution in [3.8, 4) is 0 Å². The van der Waals surface area contributed by atoms with E-state index in [0.29, 0.717) is 24.3 Å². The van der Waals surface area contributed by atoms with Crippen molar-refractivity contribution >= 4 is 17.3 Å². The van der Waals surface area contributed by atoms with Crippen LogP contribution in [0.2, 0.25) is 0 Å². The molecule has 1 aromatic rings. The molecule has 0 spiro atoms. The summed E-state index contributed by atoms with van der Waals surface area (Å²) in [5.41, 5.74) is 0. The van der Waals surface area contributed by atoms with E-state index in [1.165, 1.54) is 28.6 Å². The minimum absolute atomic E-state index is 0.401. The molecular formula is C11H12FNO3S. The maximum atomic E-state index is 12.7. The van der Waals surface area contributed by atoms with E-state index in [1.54, 1.807) is 0 Å². The minimum Gasteiger partial charge on any atom is -0.593 e. The van der Waals surface area contributed by atoms with Crippen molar-refractivity contribution in [2.24, 2.45) is 0 Å². The molecule has 1 fully saturated rings. The molecule has 2 rings (SSSR count). The first kappa shape index (κ1) is 12.3. The average Bonchev–Trinajstić information content (AvgIpc) is 2.78. The third-order valence-electron chi connectivity index (χ3n) is 2.72. The van der Waals surface area contributed by atoms with Gasteiger partial charge in [0.2, 0.25) is 0 Å². The van der Waals surface area contributed by atoms with Crippen molar-refractivity contribution in [3.05, 3.63) is 30.1 Å². The highest BCUT2D eigenvalue weighted by molar-refractivity contribution is 7.89. The molecule has 1 aliphatic heterocycles. The third-order valence-corrected chi connectivity index (χ3v) is 4.26. The Hall–Kier alpha value is -1.11. The van der Waals surface area contributed by atoms with Crippen LogP contribution in [-0.4, -0.2) is 32.5 Å². The SMILES string of the molecule is O=C(O)C1CCCN1[S+]([O-])c1ccc(F)cc1. The molecule has 0 bridgehead atoms. The van der Waals surface area contributed by atoms with Gasteiger partial charge in [-0.1, -0.05) is 0 Å². The van der Waals surface area contributed by atoms with Crippen LogP contribution in [0.1, 0.15) is 12.8 Å². The number of carboxylic acids is 1. The second-order valence-electron chi connectivity index (χ2n) is 3.84. The topological polar surface area (TPSA) is 63.6 Å². The van der Waals surface area contributed by atoms with Gasteiger partial charge in [0.15, 0.2) is 10.9 Å². The fraction of sp³-hybridized carbons (Fsp3) is 0.364. The summed E-state index contributed by atoms with van der Waals surface area (Å²) in [6.07, 6.45) is 1.21. The van der Waals surface area contributed by atoms with Crippen LogP contribution in [0.15, 0.2) is 29.2 Å². The predicted molar refractivity (Wildman–Crippen MR) is 60.2 cm³/mol. The van der Waals surface area contributed by atoms with Gasteiger partial charge in [0.25, 0.3) is 0 Å². The Labute approximate surface area is 101 Å². The van der Waals surface area contributed by atoms with Crippen molar-refractivity contribution in [1.29, 1.82) is 0 Å². The molecule has 1 saturated heterocycles. The van der Waals surface area contributed by atoms with E-state index in [9.17, 15) is 13.7 Å². The molecule has 1 aliphatic rings. The van der Waals surface area contributed by atoms with Crippen molar-refractivity contribution < 1.29 is 18.8 Å². The lowest BCUT2D eigenvalue weighted by Crippen LogP contribution is -2.40. The zero-order valence-electron chi connectivity index (χ0n) is 9.01. The molecule has 1 aromatic carbocycles. The van der Waals surface area contributed by atoms with E-state index in [2.05, 4.69) is 0 Å². The molecule has 0 aliphatic carbocycles. The maximum Gasteiger partial charge on any atom is 0.325 e. The number of aliphatic carboxylic acids is 1. The molecule has 6 heteroatoms. The van der Waals surface area contributed by atoms with E-state index >= 15 is 0 Å². The number of hydrogen-bond donors (Lipinski definition) is 1. The molecule has 0 radical (unpaired) electrons. The van der Waals surface area contributed by atoms with Crippen LogP contribution in [0.4, 0.5) is 4.39 Å². The molecule has 17 heavy (non-hydrogen) atoms. The standard InChI is InChI=1S/C11H12FNO3S/c12-8-3-5-9(6-4-8)17(16)13-7-1-2-10(13)11(14)15/h3-6,10H,1-2,7H2,(H,14,15). The Bertz CT molecular complexity index is 412. The summed E-state index contributed by atoms with van der Waals surface area (Å²) < 4.78 is 26.3. The normalized spacial score (nSPS) is 22.6. The highest BCUT2D eigenvalue weighted by atomic mass is 32.2. The quantitative estimate of drug-likeness (QED) is 0.831. The van der Waals surface area contributed by atoms with Gasteiger partial charge in [0, 0.05) is 6.54 Å². The van der Waals surface area contributed by atoms with Crippen molar-refractivity contribution in [2.75, 3.05) is 6.54 Å². The van der Waals surface area contributed by atoms with Gasteiger partial charge in [-0.2, -0.15) is 0 Å². The molecule has 0 aromatic heterocycles. The maximum absolute atomic E-state index is 12.7. The molecule has 0 amide bonds. The van der Waals surface area contributed by atoms with Gasteiger partial charge in [-0.15, -0.1) is 4.31 Å². The van der Waals surface area contributed by atoms with Gasteiger partial charge >= 0.3 is 5.97 Å². The third kappa shape index (κ3) is 2.59. The molecule has 0 saturated carbocycles. The number of halogens is 1. The van der Waals surface area contributed by atoms with Gasteiger partial charge in [-0.05, 0) is 37.1 Å². The van der Waals surface area contributed by atoms with Crippen LogP contribution in [0.25, 0.3) is 0 Å². The van der Waals surface area contributed by atoms with E-state index in [4.69, 9.17) is 5.11 Å². The summed E-state index contributed by atoms with van der Waals surface area (Å²) in [7, 11) is 0. The van der Waals surface area contributed by atoms with E-state index in [1.807, 2.05) is 0 Å². The van der Waals surface area contributed by atoms with E-state index in [-0.39, 0.29) is 0 Å². The lowest BCUT2D eigenvalue weighted by atomic mass is 10.2. The van der Waals surface area contributed by atoms with Crippen LogP contribution in [0.5, 0.6) is 0 Å². The second kappa shape index (κ2) is 5.03. The van der Waals surface area contributed by atoms with Crippen LogP contribution in [-0.2, 0) is 16.2 Å². The van der Waals surface area contributed by atoms with Crippen molar-refractivity contribution in [3.63, 3.8) is 0 Å². The number of benzene rings is 1. The summed E-state index contributed by atoms with van der Waals surface area (Å²) in [6.45, 7) is 0.487. The largest absolute Gasteiger partial charge is 0.593 e. The van der Waals surface area contributed by atoms with Crippen LogP contribution >= 0.6 is 0 Å². The van der Waals surface area contributed by atoms with Gasteiger partial charge in [0.05, 0.1) is 11.4 Å². The molecule has 2 atom stereocenters. The number of nitrogens with zero attached hydrogens (tertiary/aromatic N) is 1. The minimum atomic E-state index is -1.53. The van der Waals surface area contributed by atoms with Gasteiger partial charge < -0.3 is 9.66 Å². The number of carbonyl (C=O) groups is 1. The summed E-state index contributed by atoms with van der Waals surface area (Å²) in [4.78, 5) is 11.4. The molecule has 1 heterocycles. The summed E-state index contributed by atoms with van der Waals surface area (Å²) in [5, 5.41) is 8.99. The van der Waals surface area contributed by atoms with E-state index < -0.39 is 29.2 Å². The first-order chi connectivity index (χ1) is 8.09. The Balaban J connectivity index is 2.16. The lowest BCUT2D eigenvalue weighted by molar-refractivity contribution is -0.140. The van der Waals surface area contributed by atoms with Crippen molar-refractivity contribution in [2.45, 2.75) is 23.8 Å². The summed E-state index contributed by atoms with van der Waals surface area (Å²) in [5.74, 6) is -1.36. The highest BCUT2D eigenvalue weighted by Crippen LogP contribution is 2.26. The smallest absolute Gasteiger partial charge is 0.325 e. The molecule has 4 nitrogen and oxygen atoms in total. The Morgan fingerprint density at radius 2 is 2.12 bits per heavy atom. The Morgan fingerprint density at radius 1 is 1.47 bits per heavy atom. The zero-order valence-corrected chi connectivity index (χ0v) is 9.82. The predicted octanol–water partition coefficient (Wildman–Crippen LogP) is 1.40. The van der Waals surface area contributed by atoms with Crippen LogP contribution in [0, 0.1) is 5.82 Å². The molecule has 92 valence electrons. The fourth-order valence-corrected chi connectivity index (χ4v) is 3.23. The molecule has 1 N–H and O–H groups in total. The van der Waals surface area contributed by atoms with Crippen LogP contribution in [0.3, 0.4) is 0 Å². The Morgan fingerprint density at radius 3 is 2.71 bits per heavy atom. The first-order valence-corrected chi connectivity index (χ1v) is 6.37. The van der Waals surface area contributed by atoms with Gasteiger partial charge in [-0.3, -0.25) is 4.79 Å².